The second kappa shape index (κ2) is 9.88. The summed E-state index contributed by atoms with van der Waals surface area (Å²) in [5, 5.41) is 7.63. The van der Waals surface area contributed by atoms with Crippen molar-refractivity contribution in [1.29, 1.82) is 0 Å². The summed E-state index contributed by atoms with van der Waals surface area (Å²) in [6, 6.07) is 17.2. The standard InChI is InChI=1S/C23H26N4O4/c1-2-14-23(18-11-7-4-8-12-18)20(29)27(22(31)26-23)15-13-19(28)25-21(30)24-16-17-9-5-3-6-10-17/h3-12H,2,13-16H2,1H3,(H,26,31)(H2,24,25,28,30)/t23-/m0/s1. The number of nitrogens with one attached hydrogen (secondary N) is 3. The summed E-state index contributed by atoms with van der Waals surface area (Å²) >= 11 is 0. The van der Waals surface area contributed by atoms with E-state index < -0.39 is 23.5 Å². The predicted molar refractivity (Wildman–Crippen MR) is 115 cm³/mol. The third-order valence-corrected chi connectivity index (χ3v) is 5.18. The van der Waals surface area contributed by atoms with Gasteiger partial charge in [0, 0.05) is 19.5 Å². The van der Waals surface area contributed by atoms with Gasteiger partial charge in [-0.3, -0.25) is 19.8 Å². The minimum atomic E-state index is -1.13. The van der Waals surface area contributed by atoms with Crippen molar-refractivity contribution in [3.8, 4) is 0 Å². The number of nitrogens with zero attached hydrogens (tertiary/aromatic N) is 1. The first-order valence-corrected chi connectivity index (χ1v) is 10.3. The number of hydrogen-bond donors (Lipinski definition) is 3. The van der Waals surface area contributed by atoms with Crippen molar-refractivity contribution in [2.75, 3.05) is 6.54 Å². The van der Waals surface area contributed by atoms with Gasteiger partial charge in [-0.25, -0.2) is 9.59 Å². The quantitative estimate of drug-likeness (QED) is 0.569. The van der Waals surface area contributed by atoms with Crippen LogP contribution in [0, 0.1) is 0 Å². The number of urea groups is 2. The van der Waals surface area contributed by atoms with E-state index in [1.807, 2.05) is 55.5 Å². The maximum Gasteiger partial charge on any atom is 0.325 e. The first-order valence-electron chi connectivity index (χ1n) is 10.3. The Morgan fingerprint density at radius 3 is 2.29 bits per heavy atom. The second-order valence-electron chi connectivity index (χ2n) is 7.37. The fraction of sp³-hybridized carbons (Fsp3) is 0.304. The summed E-state index contributed by atoms with van der Waals surface area (Å²) in [6.07, 6.45) is 0.970. The van der Waals surface area contributed by atoms with Crippen LogP contribution in [0.1, 0.15) is 37.3 Å². The molecule has 1 heterocycles. The van der Waals surface area contributed by atoms with Gasteiger partial charge in [0.25, 0.3) is 5.91 Å². The van der Waals surface area contributed by atoms with Crippen molar-refractivity contribution in [3.63, 3.8) is 0 Å². The van der Waals surface area contributed by atoms with Crippen LogP contribution in [0.25, 0.3) is 0 Å². The third-order valence-electron chi connectivity index (χ3n) is 5.18. The molecule has 6 amide bonds. The molecule has 1 saturated heterocycles. The van der Waals surface area contributed by atoms with Gasteiger partial charge in [0.1, 0.15) is 5.54 Å². The average molecular weight is 422 g/mol. The van der Waals surface area contributed by atoms with Crippen molar-refractivity contribution >= 4 is 23.9 Å². The molecule has 0 spiro atoms. The van der Waals surface area contributed by atoms with Crippen LogP contribution in [0.3, 0.4) is 0 Å². The highest BCUT2D eigenvalue weighted by Gasteiger charge is 2.51. The summed E-state index contributed by atoms with van der Waals surface area (Å²) in [6.45, 7) is 2.11. The largest absolute Gasteiger partial charge is 0.334 e. The lowest BCUT2D eigenvalue weighted by molar-refractivity contribution is -0.132. The molecule has 8 nitrogen and oxygen atoms in total. The molecule has 3 N–H and O–H groups in total. The normalized spacial score (nSPS) is 17.9. The maximum atomic E-state index is 13.2. The zero-order valence-corrected chi connectivity index (χ0v) is 17.4. The first-order chi connectivity index (χ1) is 15.0. The van der Waals surface area contributed by atoms with Crippen molar-refractivity contribution in [3.05, 3.63) is 71.8 Å². The Hall–Kier alpha value is -3.68. The number of hydrogen-bond acceptors (Lipinski definition) is 4. The number of amides is 6. The Labute approximate surface area is 181 Å². The third kappa shape index (κ3) is 5.09. The molecule has 1 fully saturated rings. The van der Waals surface area contributed by atoms with E-state index in [-0.39, 0.29) is 25.4 Å². The Morgan fingerprint density at radius 1 is 1.00 bits per heavy atom. The highest BCUT2D eigenvalue weighted by Crippen LogP contribution is 2.33. The molecule has 1 aliphatic rings. The minimum Gasteiger partial charge on any atom is -0.334 e. The monoisotopic (exact) mass is 422 g/mol. The van der Waals surface area contributed by atoms with Crippen LogP contribution in [0.2, 0.25) is 0 Å². The topological polar surface area (TPSA) is 108 Å². The van der Waals surface area contributed by atoms with E-state index in [1.54, 1.807) is 12.1 Å². The summed E-state index contributed by atoms with van der Waals surface area (Å²) in [5.41, 5.74) is 0.483. The number of carbonyl (C=O) groups is 4. The van der Waals surface area contributed by atoms with Crippen LogP contribution < -0.4 is 16.0 Å². The van der Waals surface area contributed by atoms with Crippen molar-refractivity contribution in [2.45, 2.75) is 38.3 Å². The smallest absolute Gasteiger partial charge is 0.325 e. The lowest BCUT2D eigenvalue weighted by atomic mass is 9.85. The van der Waals surface area contributed by atoms with Gasteiger partial charge in [-0.15, -0.1) is 0 Å². The minimum absolute atomic E-state index is 0.110. The van der Waals surface area contributed by atoms with Crippen molar-refractivity contribution < 1.29 is 19.2 Å². The van der Waals surface area contributed by atoms with Gasteiger partial charge in [0.05, 0.1) is 0 Å². The van der Waals surface area contributed by atoms with Gasteiger partial charge in [0.2, 0.25) is 5.91 Å². The molecule has 3 rings (SSSR count). The van der Waals surface area contributed by atoms with E-state index in [0.29, 0.717) is 18.4 Å². The molecular formula is C23H26N4O4. The predicted octanol–water partition coefficient (Wildman–Crippen LogP) is 2.65. The molecule has 1 atom stereocenters. The van der Waals surface area contributed by atoms with Gasteiger partial charge in [-0.2, -0.15) is 0 Å². The Kier molecular flexibility index (Phi) is 7.02. The first kappa shape index (κ1) is 22.0. The van der Waals surface area contributed by atoms with Crippen LogP contribution in [0.5, 0.6) is 0 Å². The molecule has 0 radical (unpaired) electrons. The molecule has 0 saturated carbocycles. The zero-order valence-electron chi connectivity index (χ0n) is 17.4. The number of imide groups is 2. The van der Waals surface area contributed by atoms with Crippen molar-refractivity contribution in [1.82, 2.24) is 20.9 Å². The lowest BCUT2D eigenvalue weighted by Crippen LogP contribution is -2.44. The Bertz CT molecular complexity index is 949. The van der Waals surface area contributed by atoms with E-state index >= 15 is 0 Å². The number of benzene rings is 2. The van der Waals surface area contributed by atoms with E-state index in [0.717, 1.165) is 10.5 Å². The summed E-state index contributed by atoms with van der Waals surface area (Å²) in [5.74, 6) is -0.953. The molecule has 0 aliphatic carbocycles. The number of carbonyl (C=O) groups excluding carboxylic acids is 4. The summed E-state index contributed by atoms with van der Waals surface area (Å²) in [4.78, 5) is 50.8. The molecule has 31 heavy (non-hydrogen) atoms. The van der Waals surface area contributed by atoms with Gasteiger partial charge in [-0.1, -0.05) is 74.0 Å². The zero-order chi connectivity index (χ0) is 22.3. The summed E-state index contributed by atoms with van der Waals surface area (Å²) < 4.78 is 0. The number of rotatable bonds is 8. The van der Waals surface area contributed by atoms with E-state index in [4.69, 9.17) is 0 Å². The second-order valence-corrected chi connectivity index (χ2v) is 7.37. The summed E-state index contributed by atoms with van der Waals surface area (Å²) in [7, 11) is 0. The van der Waals surface area contributed by atoms with E-state index in [1.165, 1.54) is 0 Å². The fourth-order valence-corrected chi connectivity index (χ4v) is 3.66. The van der Waals surface area contributed by atoms with Crippen LogP contribution in [-0.2, 0) is 21.7 Å². The van der Waals surface area contributed by atoms with E-state index in [9.17, 15) is 19.2 Å². The highest BCUT2D eigenvalue weighted by atomic mass is 16.2. The molecule has 162 valence electrons. The highest BCUT2D eigenvalue weighted by molar-refractivity contribution is 6.07. The fourth-order valence-electron chi connectivity index (χ4n) is 3.66. The molecule has 8 heteroatoms. The maximum absolute atomic E-state index is 13.2. The van der Waals surface area contributed by atoms with Crippen molar-refractivity contribution in [2.24, 2.45) is 0 Å². The SMILES string of the molecule is CCC[C@@]1(c2ccccc2)NC(=O)N(CCC(=O)NC(=O)NCc2ccccc2)C1=O. The molecule has 2 aromatic carbocycles. The molecule has 0 bridgehead atoms. The van der Waals surface area contributed by atoms with Crippen LogP contribution in [0.15, 0.2) is 60.7 Å². The van der Waals surface area contributed by atoms with Crippen LogP contribution in [0.4, 0.5) is 9.59 Å². The van der Waals surface area contributed by atoms with Crippen LogP contribution >= 0.6 is 0 Å². The molecule has 1 aliphatic heterocycles. The molecular weight excluding hydrogens is 396 g/mol. The van der Waals surface area contributed by atoms with Gasteiger partial charge in [-0.05, 0) is 17.5 Å². The molecule has 0 unspecified atom stereocenters. The Morgan fingerprint density at radius 2 is 1.65 bits per heavy atom. The van der Waals surface area contributed by atoms with Crippen LogP contribution in [-0.4, -0.2) is 35.3 Å². The van der Waals surface area contributed by atoms with Gasteiger partial charge < -0.3 is 10.6 Å². The molecule has 0 aromatic heterocycles. The lowest BCUT2D eigenvalue weighted by Gasteiger charge is -2.26. The molecule has 2 aromatic rings. The Balaban J connectivity index is 1.56. The van der Waals surface area contributed by atoms with Gasteiger partial charge >= 0.3 is 12.1 Å². The van der Waals surface area contributed by atoms with Gasteiger partial charge in [0.15, 0.2) is 0 Å². The van der Waals surface area contributed by atoms with E-state index in [2.05, 4.69) is 16.0 Å². The average Bonchev–Trinajstić information content (AvgIpc) is 3.02.